The van der Waals surface area contributed by atoms with Gasteiger partial charge in [0.1, 0.15) is 0 Å². The zero-order valence-electron chi connectivity index (χ0n) is 17.6. The summed E-state index contributed by atoms with van der Waals surface area (Å²) in [6.07, 6.45) is 27.0. The molecule has 0 spiro atoms. The van der Waals surface area contributed by atoms with Crippen LogP contribution in [0, 0.1) is 0 Å². The molecular weight excluding hydrogens is 326 g/mol. The molecule has 0 saturated carbocycles. The molecule has 0 radical (unpaired) electrons. The molecule has 0 fully saturated rings. The lowest BCUT2D eigenvalue weighted by molar-refractivity contribution is 0.759. The van der Waals surface area contributed by atoms with Crippen molar-refractivity contribution in [3.05, 3.63) is 0 Å². The molecule has 0 rings (SSSR count). The summed E-state index contributed by atoms with van der Waals surface area (Å²) in [5.74, 6) is 0. The summed E-state index contributed by atoms with van der Waals surface area (Å²) in [6, 6.07) is 0. The maximum absolute atomic E-state index is 2.35. The standard InChI is InChI=1S/C22H48P2/c1-5-9-13-17-23(18-14-10-6-2)21-22-24(19-15-11-7-3)20-16-12-8-4/h5-22H2,1-4H3. The summed E-state index contributed by atoms with van der Waals surface area (Å²) in [5.41, 5.74) is 0. The highest BCUT2D eigenvalue weighted by Crippen LogP contribution is 2.45. The van der Waals surface area contributed by atoms with Crippen LogP contribution in [-0.4, -0.2) is 37.0 Å². The number of rotatable bonds is 19. The fraction of sp³-hybridized carbons (Fsp3) is 1.00. The van der Waals surface area contributed by atoms with Crippen LogP contribution in [0.15, 0.2) is 0 Å². The van der Waals surface area contributed by atoms with E-state index in [1.165, 1.54) is 77.0 Å². The summed E-state index contributed by atoms with van der Waals surface area (Å²) < 4.78 is 0. The summed E-state index contributed by atoms with van der Waals surface area (Å²) in [7, 11) is 0.725. The zero-order valence-corrected chi connectivity index (χ0v) is 19.4. The second-order valence-corrected chi connectivity index (χ2v) is 12.9. The van der Waals surface area contributed by atoms with E-state index in [9.17, 15) is 0 Å². The van der Waals surface area contributed by atoms with E-state index >= 15 is 0 Å². The van der Waals surface area contributed by atoms with Gasteiger partial charge < -0.3 is 0 Å². The Morgan fingerprint density at radius 2 is 0.583 bits per heavy atom. The van der Waals surface area contributed by atoms with Crippen LogP contribution < -0.4 is 0 Å². The molecule has 0 unspecified atom stereocenters. The molecule has 0 heterocycles. The molecule has 24 heavy (non-hydrogen) atoms. The lowest BCUT2D eigenvalue weighted by Gasteiger charge is -2.23. The Labute approximate surface area is 157 Å². The highest BCUT2D eigenvalue weighted by Gasteiger charge is 2.13. The third-order valence-corrected chi connectivity index (χ3v) is 10.9. The molecule has 0 atom stereocenters. The Balaban J connectivity index is 4.21. The van der Waals surface area contributed by atoms with Crippen molar-refractivity contribution in [3.8, 4) is 0 Å². The Morgan fingerprint density at radius 3 is 0.792 bits per heavy atom. The molecule has 2 heteroatoms. The third kappa shape index (κ3) is 16.3. The normalized spacial score (nSPS) is 11.8. The van der Waals surface area contributed by atoms with Crippen LogP contribution in [0.3, 0.4) is 0 Å². The van der Waals surface area contributed by atoms with E-state index in [0.29, 0.717) is 15.8 Å². The molecule has 0 amide bonds. The van der Waals surface area contributed by atoms with Crippen molar-refractivity contribution in [2.45, 2.75) is 105 Å². The van der Waals surface area contributed by atoms with Crippen LogP contribution in [0.1, 0.15) is 105 Å². The number of hydrogen-bond acceptors (Lipinski definition) is 0. The van der Waals surface area contributed by atoms with Gasteiger partial charge in [-0.3, -0.25) is 0 Å². The SMILES string of the molecule is CCCCCP(CCCCC)CCP(CCCCC)CCCCC. The molecular formula is C22H48P2. The lowest BCUT2D eigenvalue weighted by Crippen LogP contribution is -2.03. The molecule has 0 aromatic heterocycles. The van der Waals surface area contributed by atoms with E-state index in [0.717, 1.165) is 0 Å². The Kier molecular flexibility index (Phi) is 20.9. The topological polar surface area (TPSA) is 0 Å². The van der Waals surface area contributed by atoms with Gasteiger partial charge in [0.05, 0.1) is 0 Å². The summed E-state index contributed by atoms with van der Waals surface area (Å²) in [4.78, 5) is 0. The highest BCUT2D eigenvalue weighted by atomic mass is 31.1. The van der Waals surface area contributed by atoms with Crippen molar-refractivity contribution in [1.29, 1.82) is 0 Å². The van der Waals surface area contributed by atoms with E-state index in [4.69, 9.17) is 0 Å². The fourth-order valence-electron chi connectivity index (χ4n) is 3.30. The molecule has 0 bridgehead atoms. The average molecular weight is 375 g/mol. The summed E-state index contributed by atoms with van der Waals surface area (Å²) in [5, 5.41) is 0. The van der Waals surface area contributed by atoms with E-state index in [1.807, 2.05) is 0 Å². The molecule has 0 nitrogen and oxygen atoms in total. The lowest BCUT2D eigenvalue weighted by atomic mass is 10.3. The van der Waals surface area contributed by atoms with E-state index < -0.39 is 0 Å². The first-order valence-corrected chi connectivity index (χ1v) is 15.0. The van der Waals surface area contributed by atoms with Gasteiger partial charge in [-0.15, -0.1) is 15.8 Å². The van der Waals surface area contributed by atoms with Crippen molar-refractivity contribution >= 4 is 15.8 Å². The average Bonchev–Trinajstić information content (AvgIpc) is 2.59. The van der Waals surface area contributed by atoms with Gasteiger partial charge in [-0.25, -0.2) is 0 Å². The van der Waals surface area contributed by atoms with E-state index in [-0.39, 0.29) is 0 Å². The predicted molar refractivity (Wildman–Crippen MR) is 121 cm³/mol. The van der Waals surface area contributed by atoms with Gasteiger partial charge in [0, 0.05) is 0 Å². The highest BCUT2D eigenvalue weighted by molar-refractivity contribution is 7.61. The van der Waals surface area contributed by atoms with Crippen molar-refractivity contribution in [2.24, 2.45) is 0 Å². The van der Waals surface area contributed by atoms with E-state index in [2.05, 4.69) is 27.7 Å². The Hall–Kier alpha value is 0.860. The zero-order chi connectivity index (χ0) is 17.9. The fourth-order valence-corrected chi connectivity index (χ4v) is 9.58. The molecule has 0 aliphatic heterocycles. The quantitative estimate of drug-likeness (QED) is 0.157. The monoisotopic (exact) mass is 374 g/mol. The molecule has 146 valence electrons. The minimum Gasteiger partial charge on any atom is -0.106 e. The van der Waals surface area contributed by atoms with Crippen LogP contribution in [0.4, 0.5) is 0 Å². The van der Waals surface area contributed by atoms with Gasteiger partial charge in [0.15, 0.2) is 0 Å². The van der Waals surface area contributed by atoms with Crippen molar-refractivity contribution in [2.75, 3.05) is 37.0 Å². The second-order valence-electron chi connectivity index (χ2n) is 7.51. The van der Waals surface area contributed by atoms with Crippen molar-refractivity contribution < 1.29 is 0 Å². The first-order valence-electron chi connectivity index (χ1n) is 11.2. The van der Waals surface area contributed by atoms with Crippen molar-refractivity contribution in [1.82, 2.24) is 0 Å². The minimum atomic E-state index is 0.363. The Morgan fingerprint density at radius 1 is 0.333 bits per heavy atom. The van der Waals surface area contributed by atoms with E-state index in [1.54, 1.807) is 37.0 Å². The molecule has 0 aromatic rings. The first-order chi connectivity index (χ1) is 11.8. The third-order valence-electron chi connectivity index (χ3n) is 5.04. The number of hydrogen-bond donors (Lipinski definition) is 0. The van der Waals surface area contributed by atoms with Gasteiger partial charge >= 0.3 is 0 Å². The predicted octanol–water partition coefficient (Wildman–Crippen LogP) is 8.71. The molecule has 0 aromatic carbocycles. The number of unbranched alkanes of at least 4 members (excludes halogenated alkanes) is 8. The maximum atomic E-state index is 2.35. The van der Waals surface area contributed by atoms with Gasteiger partial charge in [0.25, 0.3) is 0 Å². The van der Waals surface area contributed by atoms with Gasteiger partial charge in [-0.05, 0) is 62.7 Å². The largest absolute Gasteiger partial charge is 0.106 e. The molecule has 0 saturated heterocycles. The van der Waals surface area contributed by atoms with Gasteiger partial charge in [0.2, 0.25) is 0 Å². The summed E-state index contributed by atoms with van der Waals surface area (Å²) >= 11 is 0. The van der Waals surface area contributed by atoms with Gasteiger partial charge in [-0.2, -0.15) is 0 Å². The first kappa shape index (κ1) is 24.9. The van der Waals surface area contributed by atoms with Crippen molar-refractivity contribution in [3.63, 3.8) is 0 Å². The van der Waals surface area contributed by atoms with Crippen LogP contribution in [0.25, 0.3) is 0 Å². The second kappa shape index (κ2) is 20.2. The van der Waals surface area contributed by atoms with Gasteiger partial charge in [-0.1, -0.05) is 79.1 Å². The maximum Gasteiger partial charge on any atom is -0.0286 e. The van der Waals surface area contributed by atoms with Crippen LogP contribution in [0.5, 0.6) is 0 Å². The van der Waals surface area contributed by atoms with Crippen LogP contribution in [0.2, 0.25) is 0 Å². The Bertz CT molecular complexity index is 186. The minimum absolute atomic E-state index is 0.363. The molecule has 0 aliphatic carbocycles. The smallest absolute Gasteiger partial charge is 0.0286 e. The van der Waals surface area contributed by atoms with Crippen LogP contribution in [-0.2, 0) is 0 Å². The molecule has 0 aliphatic rings. The summed E-state index contributed by atoms with van der Waals surface area (Å²) in [6.45, 7) is 9.39. The molecule has 0 N–H and O–H groups in total. The van der Waals surface area contributed by atoms with Crippen LogP contribution >= 0.6 is 15.8 Å².